The van der Waals surface area contributed by atoms with Crippen molar-refractivity contribution in [1.82, 2.24) is 5.32 Å². The fourth-order valence-corrected chi connectivity index (χ4v) is 4.52. The number of aliphatic carboxylic acids is 1. The van der Waals surface area contributed by atoms with E-state index < -0.39 is 34.6 Å². The van der Waals surface area contributed by atoms with Crippen LogP contribution in [-0.4, -0.2) is 39.4 Å². The van der Waals surface area contributed by atoms with Gasteiger partial charge in [-0.15, -0.1) is 0 Å². The summed E-state index contributed by atoms with van der Waals surface area (Å²) >= 11 is 12.1. The number of carboxylic acid groups (broad SMARTS) is 1. The van der Waals surface area contributed by atoms with E-state index in [0.29, 0.717) is 16.1 Å². The third kappa shape index (κ3) is 6.22. The Hall–Kier alpha value is -3.20. The molecule has 2 atom stereocenters. The maximum Gasteiger partial charge on any atom is 0.326 e. The van der Waals surface area contributed by atoms with Gasteiger partial charge in [-0.3, -0.25) is 13.8 Å². The van der Waals surface area contributed by atoms with Crippen LogP contribution in [0.15, 0.2) is 71.6 Å². The van der Waals surface area contributed by atoms with Gasteiger partial charge in [0, 0.05) is 18.4 Å². The molecule has 176 valence electrons. The minimum absolute atomic E-state index is 0.00300. The normalized spacial score (nSPS) is 12.4. The Labute approximate surface area is 208 Å². The highest BCUT2D eigenvalue weighted by Crippen LogP contribution is 2.25. The van der Waals surface area contributed by atoms with Gasteiger partial charge in [0.05, 0.1) is 36.9 Å². The van der Waals surface area contributed by atoms with Crippen LogP contribution in [0.4, 0.5) is 5.69 Å². The lowest BCUT2D eigenvalue weighted by Gasteiger charge is -2.16. The number of benzene rings is 3. The van der Waals surface area contributed by atoms with Gasteiger partial charge >= 0.3 is 5.97 Å². The lowest BCUT2D eigenvalue weighted by atomic mass is 10.0. The van der Waals surface area contributed by atoms with Crippen LogP contribution in [0.3, 0.4) is 0 Å². The van der Waals surface area contributed by atoms with E-state index in [9.17, 15) is 23.7 Å². The second kappa shape index (κ2) is 11.3. The molecule has 0 saturated heterocycles. The van der Waals surface area contributed by atoms with E-state index in [-0.39, 0.29) is 27.6 Å². The SMILES string of the molecule is CS(=O)c1ccccc1C(=O)N[C@@H](Cc1ccc(NC(=O)c2c(Cl)cccc2Cl)cc1)C(=O)O. The van der Waals surface area contributed by atoms with Gasteiger partial charge in [0.15, 0.2) is 0 Å². The summed E-state index contributed by atoms with van der Waals surface area (Å²) in [6.07, 6.45) is 1.45. The monoisotopic (exact) mass is 518 g/mol. The van der Waals surface area contributed by atoms with Crippen LogP contribution in [0.1, 0.15) is 26.3 Å². The third-order valence-corrected chi connectivity index (χ3v) is 6.49. The van der Waals surface area contributed by atoms with Gasteiger partial charge in [-0.2, -0.15) is 0 Å². The van der Waals surface area contributed by atoms with Crippen LogP contribution in [0.25, 0.3) is 0 Å². The summed E-state index contributed by atoms with van der Waals surface area (Å²) in [6.45, 7) is 0. The summed E-state index contributed by atoms with van der Waals surface area (Å²) in [6, 6.07) is 16.3. The Balaban J connectivity index is 1.70. The van der Waals surface area contributed by atoms with E-state index in [2.05, 4.69) is 10.6 Å². The Kier molecular flexibility index (Phi) is 8.44. The number of hydrogen-bond donors (Lipinski definition) is 3. The Morgan fingerprint density at radius 1 is 0.912 bits per heavy atom. The maximum atomic E-state index is 12.7. The van der Waals surface area contributed by atoms with Crippen LogP contribution in [0, 0.1) is 0 Å². The molecule has 0 spiro atoms. The van der Waals surface area contributed by atoms with Gasteiger partial charge in [-0.1, -0.05) is 53.5 Å². The molecule has 0 bridgehead atoms. The van der Waals surface area contributed by atoms with Crippen molar-refractivity contribution in [3.63, 3.8) is 0 Å². The summed E-state index contributed by atoms with van der Waals surface area (Å²) in [7, 11) is -1.41. The van der Waals surface area contributed by atoms with E-state index in [4.69, 9.17) is 23.2 Å². The molecule has 0 aliphatic heterocycles. The molecule has 0 fully saturated rings. The highest BCUT2D eigenvalue weighted by molar-refractivity contribution is 7.84. The molecule has 3 aromatic rings. The van der Waals surface area contributed by atoms with Crippen LogP contribution >= 0.6 is 23.2 Å². The van der Waals surface area contributed by atoms with Crippen molar-refractivity contribution >= 4 is 57.5 Å². The number of carbonyl (C=O) groups is 3. The molecule has 0 saturated carbocycles. The van der Waals surface area contributed by atoms with Crippen LogP contribution in [0.5, 0.6) is 0 Å². The molecule has 2 amide bonds. The molecule has 0 aromatic heterocycles. The van der Waals surface area contributed by atoms with Crippen LogP contribution in [0.2, 0.25) is 10.0 Å². The molecule has 3 rings (SSSR count). The summed E-state index contributed by atoms with van der Waals surface area (Å²) in [5, 5.41) is 15.2. The average Bonchev–Trinajstić information content (AvgIpc) is 2.79. The molecule has 10 heteroatoms. The van der Waals surface area contributed by atoms with Crippen molar-refractivity contribution in [2.45, 2.75) is 17.4 Å². The molecule has 7 nitrogen and oxygen atoms in total. The minimum atomic E-state index is -1.41. The molecule has 0 aliphatic carbocycles. The van der Waals surface area contributed by atoms with Gasteiger partial charge in [-0.05, 0) is 42.0 Å². The first kappa shape index (κ1) is 25.4. The molecule has 0 heterocycles. The third-order valence-electron chi connectivity index (χ3n) is 4.89. The smallest absolute Gasteiger partial charge is 0.326 e. The topological polar surface area (TPSA) is 113 Å². The fraction of sp³-hybridized carbons (Fsp3) is 0.125. The van der Waals surface area contributed by atoms with Crippen LogP contribution in [-0.2, 0) is 22.0 Å². The van der Waals surface area contributed by atoms with Gasteiger partial charge < -0.3 is 15.7 Å². The standard InChI is InChI=1S/C24H20Cl2N2O5S/c1-34(33)20-8-3-2-5-16(20)22(29)28-19(24(31)32)13-14-9-11-15(12-10-14)27-23(30)21-17(25)6-4-7-18(21)26/h2-12,19H,13H2,1H3,(H,27,30)(H,28,29)(H,31,32)/t19-,34?/m0/s1. The quantitative estimate of drug-likeness (QED) is 0.408. The van der Waals surface area contributed by atoms with Crippen molar-refractivity contribution in [2.75, 3.05) is 11.6 Å². The van der Waals surface area contributed by atoms with Gasteiger partial charge in [0.2, 0.25) is 0 Å². The molecule has 1 unspecified atom stereocenters. The zero-order chi connectivity index (χ0) is 24.8. The number of nitrogens with one attached hydrogen (secondary N) is 2. The molecular weight excluding hydrogens is 499 g/mol. The predicted octanol–water partition coefficient (Wildman–Crippen LogP) is 4.41. The highest BCUT2D eigenvalue weighted by atomic mass is 35.5. The zero-order valence-electron chi connectivity index (χ0n) is 17.9. The summed E-state index contributed by atoms with van der Waals surface area (Å²) in [4.78, 5) is 37.3. The highest BCUT2D eigenvalue weighted by Gasteiger charge is 2.23. The average molecular weight is 519 g/mol. The first-order chi connectivity index (χ1) is 16.2. The first-order valence-corrected chi connectivity index (χ1v) is 12.3. The second-order valence-electron chi connectivity index (χ2n) is 7.27. The Bertz CT molecular complexity index is 1240. The summed E-state index contributed by atoms with van der Waals surface area (Å²) in [5.74, 6) is -2.32. The van der Waals surface area contributed by atoms with E-state index in [0.717, 1.165) is 0 Å². The maximum absolute atomic E-state index is 12.7. The molecule has 3 aromatic carbocycles. The van der Waals surface area contributed by atoms with E-state index in [1.54, 1.807) is 60.7 Å². The number of halogens is 2. The van der Waals surface area contributed by atoms with Gasteiger partial charge in [0.1, 0.15) is 6.04 Å². The number of hydrogen-bond acceptors (Lipinski definition) is 4. The number of carbonyl (C=O) groups excluding carboxylic acids is 2. The van der Waals surface area contributed by atoms with E-state index in [1.807, 2.05) is 0 Å². The molecular formula is C24H20Cl2N2O5S. The van der Waals surface area contributed by atoms with Crippen molar-refractivity contribution in [2.24, 2.45) is 0 Å². The van der Waals surface area contributed by atoms with Crippen LogP contribution < -0.4 is 10.6 Å². The molecule has 0 aliphatic rings. The molecule has 0 radical (unpaired) electrons. The van der Waals surface area contributed by atoms with E-state index >= 15 is 0 Å². The van der Waals surface area contributed by atoms with Crippen molar-refractivity contribution < 1.29 is 23.7 Å². The number of anilines is 1. The van der Waals surface area contributed by atoms with Gasteiger partial charge in [0.25, 0.3) is 11.8 Å². The molecule has 34 heavy (non-hydrogen) atoms. The zero-order valence-corrected chi connectivity index (χ0v) is 20.2. The number of amides is 2. The predicted molar refractivity (Wildman–Crippen MR) is 132 cm³/mol. The largest absolute Gasteiger partial charge is 0.480 e. The van der Waals surface area contributed by atoms with Crippen molar-refractivity contribution in [3.8, 4) is 0 Å². The van der Waals surface area contributed by atoms with Gasteiger partial charge in [-0.25, -0.2) is 4.79 Å². The first-order valence-electron chi connectivity index (χ1n) is 9.97. The van der Waals surface area contributed by atoms with Crippen molar-refractivity contribution in [3.05, 3.63) is 93.5 Å². The Morgan fingerprint density at radius 2 is 1.53 bits per heavy atom. The lowest BCUT2D eigenvalue weighted by Crippen LogP contribution is -2.42. The van der Waals surface area contributed by atoms with Crippen molar-refractivity contribution in [1.29, 1.82) is 0 Å². The second-order valence-corrected chi connectivity index (χ2v) is 9.43. The fourth-order valence-electron chi connectivity index (χ4n) is 3.21. The number of carboxylic acids is 1. The minimum Gasteiger partial charge on any atom is -0.480 e. The molecule has 3 N–H and O–H groups in total. The summed E-state index contributed by atoms with van der Waals surface area (Å²) in [5.41, 5.74) is 1.39. The summed E-state index contributed by atoms with van der Waals surface area (Å²) < 4.78 is 11.9. The number of rotatable bonds is 8. The van der Waals surface area contributed by atoms with E-state index in [1.165, 1.54) is 12.3 Å². The Morgan fingerprint density at radius 3 is 2.12 bits per heavy atom. The lowest BCUT2D eigenvalue weighted by molar-refractivity contribution is -0.139.